The second-order valence-electron chi connectivity index (χ2n) is 10.8. The van der Waals surface area contributed by atoms with Crippen LogP contribution in [0.2, 0.25) is 0 Å². The van der Waals surface area contributed by atoms with Crippen LogP contribution in [0.3, 0.4) is 0 Å². The molecule has 2 aliphatic rings. The predicted molar refractivity (Wildman–Crippen MR) is 151 cm³/mol. The molecule has 0 radical (unpaired) electrons. The van der Waals surface area contributed by atoms with Crippen molar-refractivity contribution in [2.75, 3.05) is 24.5 Å². The van der Waals surface area contributed by atoms with E-state index in [-0.39, 0.29) is 36.3 Å². The maximum atomic E-state index is 15.4. The monoisotopic (exact) mass is 570 g/mol. The van der Waals surface area contributed by atoms with E-state index in [1.807, 2.05) is 30.0 Å². The van der Waals surface area contributed by atoms with E-state index in [1.165, 1.54) is 20.9 Å². The van der Waals surface area contributed by atoms with Crippen molar-refractivity contribution in [3.8, 4) is 22.6 Å². The van der Waals surface area contributed by atoms with Crippen LogP contribution >= 0.6 is 0 Å². The van der Waals surface area contributed by atoms with Crippen LogP contribution in [0.15, 0.2) is 60.8 Å². The minimum absolute atomic E-state index is 0.00225. The Morgan fingerprint density at radius 2 is 1.88 bits per heavy atom. The number of hydrogen-bond acceptors (Lipinski definition) is 7. The molecular formula is C30H28F2N8O2. The number of rotatable bonds is 4. The zero-order valence-corrected chi connectivity index (χ0v) is 23.0. The van der Waals surface area contributed by atoms with Gasteiger partial charge in [-0.05, 0) is 48.7 Å². The summed E-state index contributed by atoms with van der Waals surface area (Å²) in [5, 5.41) is 23.0. The molecule has 12 heteroatoms. The molecule has 1 saturated heterocycles. The average molecular weight is 571 g/mol. The standard InChI is InChI=1S/C30H28F2N8O2/c1-17-20-6-4-3-5-18(20)9-10-39(17)30(42)25-12-27(26-14-33-37(2)35-26)40-29(34-25)13-24(36-40)21-8-7-19(11-22(21)31)38-15-23(32)28(41)16-38/h3-8,11-14,17,23,28,41H,9-10,15-16H2,1-2H3/t17-,23-,28-/m1/s1. The molecule has 5 aromatic rings. The van der Waals surface area contributed by atoms with Crippen molar-refractivity contribution in [2.45, 2.75) is 31.7 Å². The van der Waals surface area contributed by atoms with Crippen LogP contribution in [0, 0.1) is 5.82 Å². The van der Waals surface area contributed by atoms with Gasteiger partial charge in [0.25, 0.3) is 5.91 Å². The molecule has 7 rings (SSSR count). The molecular weight excluding hydrogens is 542 g/mol. The maximum Gasteiger partial charge on any atom is 0.273 e. The summed E-state index contributed by atoms with van der Waals surface area (Å²) in [4.78, 5) is 23.4. The summed E-state index contributed by atoms with van der Waals surface area (Å²) in [6, 6.07) is 15.8. The van der Waals surface area contributed by atoms with E-state index in [4.69, 9.17) is 0 Å². The first-order valence-corrected chi connectivity index (χ1v) is 13.8. The van der Waals surface area contributed by atoms with Crippen LogP contribution in [0.1, 0.15) is 34.6 Å². The quantitative estimate of drug-likeness (QED) is 0.352. The fraction of sp³-hybridized carbons (Fsp3) is 0.300. The van der Waals surface area contributed by atoms with Crippen LogP contribution in [0.4, 0.5) is 14.5 Å². The molecule has 2 aromatic carbocycles. The summed E-state index contributed by atoms with van der Waals surface area (Å²) in [6.45, 7) is 2.66. The summed E-state index contributed by atoms with van der Waals surface area (Å²) in [5.41, 5.74) is 4.91. The lowest BCUT2D eigenvalue weighted by Crippen LogP contribution is -2.39. The Kier molecular flexibility index (Phi) is 6.23. The summed E-state index contributed by atoms with van der Waals surface area (Å²) < 4.78 is 30.8. The molecule has 3 atom stereocenters. The lowest BCUT2D eigenvalue weighted by molar-refractivity contribution is 0.0672. The highest BCUT2D eigenvalue weighted by atomic mass is 19.1. The predicted octanol–water partition coefficient (Wildman–Crippen LogP) is 3.61. The van der Waals surface area contributed by atoms with Gasteiger partial charge >= 0.3 is 0 Å². The zero-order chi connectivity index (χ0) is 29.1. The van der Waals surface area contributed by atoms with E-state index in [0.717, 1.165) is 12.0 Å². The molecule has 3 aromatic heterocycles. The second-order valence-corrected chi connectivity index (χ2v) is 10.8. The Bertz CT molecular complexity index is 1830. The number of amides is 1. The van der Waals surface area contributed by atoms with Crippen LogP contribution in [0.5, 0.6) is 0 Å². The number of carbonyl (C=O) groups excluding carboxylic acids is 1. The molecule has 42 heavy (non-hydrogen) atoms. The molecule has 0 bridgehead atoms. The Balaban J connectivity index is 1.28. The van der Waals surface area contributed by atoms with E-state index in [2.05, 4.69) is 26.3 Å². The SMILES string of the molecule is C[C@@H]1c2ccccc2CCN1C(=O)c1cc(-c2cnn(C)n2)n2nc(-c3ccc(N4C[C@@H](O)[C@H](F)C4)cc3F)cc2n1. The van der Waals surface area contributed by atoms with Gasteiger partial charge in [-0.25, -0.2) is 18.3 Å². The maximum absolute atomic E-state index is 15.4. The van der Waals surface area contributed by atoms with Gasteiger partial charge in [0.2, 0.25) is 0 Å². The Hall–Kier alpha value is -4.71. The molecule has 2 aliphatic heterocycles. The van der Waals surface area contributed by atoms with Crippen molar-refractivity contribution in [1.82, 2.24) is 34.5 Å². The highest BCUT2D eigenvalue weighted by Crippen LogP contribution is 2.33. The fourth-order valence-electron chi connectivity index (χ4n) is 5.92. The minimum Gasteiger partial charge on any atom is -0.388 e. The molecule has 0 unspecified atom stereocenters. The third-order valence-electron chi connectivity index (χ3n) is 8.18. The van der Waals surface area contributed by atoms with Gasteiger partial charge in [0.1, 0.15) is 29.5 Å². The van der Waals surface area contributed by atoms with Crippen molar-refractivity contribution in [3.05, 3.63) is 83.4 Å². The highest BCUT2D eigenvalue weighted by Gasteiger charge is 2.32. The fourth-order valence-corrected chi connectivity index (χ4v) is 5.92. The van der Waals surface area contributed by atoms with Gasteiger partial charge in [0, 0.05) is 37.5 Å². The summed E-state index contributed by atoms with van der Waals surface area (Å²) >= 11 is 0. The van der Waals surface area contributed by atoms with Crippen molar-refractivity contribution >= 4 is 17.2 Å². The van der Waals surface area contributed by atoms with E-state index >= 15 is 4.39 Å². The van der Waals surface area contributed by atoms with Crippen LogP contribution in [-0.4, -0.2) is 77.4 Å². The normalized spacial score (nSPS) is 20.4. The van der Waals surface area contributed by atoms with Crippen molar-refractivity contribution in [2.24, 2.45) is 7.05 Å². The number of halogens is 2. The number of fused-ring (bicyclic) bond motifs is 2. The first-order valence-electron chi connectivity index (χ1n) is 13.8. The third kappa shape index (κ3) is 4.38. The molecule has 1 amide bonds. The zero-order valence-electron chi connectivity index (χ0n) is 23.0. The number of aromatic nitrogens is 6. The lowest BCUT2D eigenvalue weighted by Gasteiger charge is -2.35. The van der Waals surface area contributed by atoms with E-state index in [0.29, 0.717) is 35.0 Å². The smallest absolute Gasteiger partial charge is 0.273 e. The first kappa shape index (κ1) is 26.2. The van der Waals surface area contributed by atoms with Gasteiger partial charge in [-0.15, -0.1) is 0 Å². The van der Waals surface area contributed by atoms with Crippen molar-refractivity contribution in [1.29, 1.82) is 0 Å². The van der Waals surface area contributed by atoms with Crippen molar-refractivity contribution in [3.63, 3.8) is 0 Å². The van der Waals surface area contributed by atoms with Gasteiger partial charge in [0.05, 0.1) is 30.2 Å². The molecule has 0 spiro atoms. The molecule has 0 saturated carbocycles. The van der Waals surface area contributed by atoms with Gasteiger partial charge in [-0.1, -0.05) is 24.3 Å². The van der Waals surface area contributed by atoms with Gasteiger partial charge in [-0.3, -0.25) is 4.79 Å². The second kappa shape index (κ2) is 9.98. The summed E-state index contributed by atoms with van der Waals surface area (Å²) in [7, 11) is 1.69. The highest BCUT2D eigenvalue weighted by molar-refractivity contribution is 5.94. The molecule has 10 nitrogen and oxygen atoms in total. The molecule has 0 aliphatic carbocycles. The Labute approximate surface area is 239 Å². The van der Waals surface area contributed by atoms with Crippen molar-refractivity contribution < 1.29 is 18.7 Å². The molecule has 5 heterocycles. The first-order chi connectivity index (χ1) is 20.3. The number of hydrogen-bond donors (Lipinski definition) is 1. The number of alkyl halides is 1. The van der Waals surface area contributed by atoms with Crippen LogP contribution in [0.25, 0.3) is 28.3 Å². The third-order valence-corrected chi connectivity index (χ3v) is 8.18. The molecule has 1 N–H and O–H groups in total. The summed E-state index contributed by atoms with van der Waals surface area (Å²) in [5.74, 6) is -0.771. The molecule has 1 fully saturated rings. The largest absolute Gasteiger partial charge is 0.388 e. The summed E-state index contributed by atoms with van der Waals surface area (Å²) in [6.07, 6.45) is -0.157. The number of aryl methyl sites for hydroxylation is 1. The van der Waals surface area contributed by atoms with Crippen LogP contribution < -0.4 is 4.90 Å². The number of benzene rings is 2. The van der Waals surface area contributed by atoms with Crippen LogP contribution in [-0.2, 0) is 13.5 Å². The number of carbonyl (C=O) groups is 1. The van der Waals surface area contributed by atoms with Gasteiger partial charge in [-0.2, -0.15) is 20.1 Å². The van der Waals surface area contributed by atoms with E-state index < -0.39 is 18.1 Å². The Morgan fingerprint density at radius 1 is 1.05 bits per heavy atom. The number of anilines is 1. The number of β-amino-alcohol motifs (C(OH)–C–C–N with tert-alkyl or cyclic N) is 1. The minimum atomic E-state index is -1.38. The van der Waals surface area contributed by atoms with E-state index in [1.54, 1.807) is 42.4 Å². The Morgan fingerprint density at radius 3 is 2.62 bits per heavy atom. The topological polar surface area (TPSA) is 105 Å². The van der Waals surface area contributed by atoms with E-state index in [9.17, 15) is 14.3 Å². The number of aliphatic hydroxyl groups excluding tert-OH is 1. The van der Waals surface area contributed by atoms with Gasteiger partial charge in [0.15, 0.2) is 5.65 Å². The number of aliphatic hydroxyl groups is 1. The van der Waals surface area contributed by atoms with Gasteiger partial charge < -0.3 is 14.9 Å². The number of nitrogens with zero attached hydrogens (tertiary/aromatic N) is 8. The lowest BCUT2D eigenvalue weighted by atomic mass is 9.93. The molecule has 214 valence electrons. The average Bonchev–Trinajstić information content (AvgIpc) is 3.70.